The molecular formula is C10H14ClN3O3. The molecule has 1 aromatic heterocycles. The quantitative estimate of drug-likeness (QED) is 0.645. The molecule has 17 heavy (non-hydrogen) atoms. The van der Waals surface area contributed by atoms with Crippen LogP contribution in [0.2, 0.25) is 5.02 Å². The highest BCUT2D eigenvalue weighted by Gasteiger charge is 2.19. The first-order chi connectivity index (χ1) is 7.91. The molecule has 1 rings (SSSR count). The number of hydrogen-bond acceptors (Lipinski definition) is 5. The number of halogens is 1. The van der Waals surface area contributed by atoms with E-state index in [0.717, 1.165) is 0 Å². The molecule has 0 aliphatic carbocycles. The molecule has 0 amide bonds. The second-order valence-corrected chi connectivity index (χ2v) is 4.25. The van der Waals surface area contributed by atoms with Gasteiger partial charge in [0.2, 0.25) is 5.82 Å². The molecule has 0 aromatic carbocycles. The van der Waals surface area contributed by atoms with E-state index in [1.165, 1.54) is 12.3 Å². The summed E-state index contributed by atoms with van der Waals surface area (Å²) < 4.78 is 0. The Morgan fingerprint density at radius 3 is 2.88 bits per heavy atom. The monoisotopic (exact) mass is 259 g/mol. The van der Waals surface area contributed by atoms with Gasteiger partial charge < -0.3 is 10.0 Å². The molecule has 6 nitrogen and oxygen atoms in total. The Labute approximate surface area is 104 Å². The Bertz CT molecular complexity index is 412. The maximum absolute atomic E-state index is 10.8. The lowest BCUT2D eigenvalue weighted by Gasteiger charge is -2.18. The molecule has 1 atom stereocenters. The largest absolute Gasteiger partial charge is 0.393 e. The van der Waals surface area contributed by atoms with E-state index in [-0.39, 0.29) is 16.5 Å². The number of anilines is 1. The highest BCUT2D eigenvalue weighted by atomic mass is 35.5. The summed E-state index contributed by atoms with van der Waals surface area (Å²) >= 11 is 5.67. The van der Waals surface area contributed by atoms with E-state index in [0.29, 0.717) is 13.0 Å². The van der Waals surface area contributed by atoms with Gasteiger partial charge in [0.15, 0.2) is 0 Å². The van der Waals surface area contributed by atoms with E-state index in [9.17, 15) is 10.1 Å². The average molecular weight is 260 g/mol. The minimum atomic E-state index is -0.521. The van der Waals surface area contributed by atoms with Gasteiger partial charge in [-0.05, 0) is 13.3 Å². The first kappa shape index (κ1) is 13.7. The molecular weight excluding hydrogens is 246 g/mol. The zero-order chi connectivity index (χ0) is 13.0. The molecule has 0 aliphatic rings. The van der Waals surface area contributed by atoms with Gasteiger partial charge in [-0.25, -0.2) is 4.98 Å². The molecule has 7 heteroatoms. The van der Waals surface area contributed by atoms with Crippen LogP contribution in [0.25, 0.3) is 0 Å². The van der Waals surface area contributed by atoms with Crippen molar-refractivity contribution in [3.8, 4) is 0 Å². The van der Waals surface area contributed by atoms with Crippen molar-refractivity contribution in [2.75, 3.05) is 18.5 Å². The van der Waals surface area contributed by atoms with Crippen molar-refractivity contribution in [1.29, 1.82) is 0 Å². The van der Waals surface area contributed by atoms with E-state index in [2.05, 4.69) is 4.98 Å². The third kappa shape index (κ3) is 3.83. The summed E-state index contributed by atoms with van der Waals surface area (Å²) in [5.74, 6) is 0.250. The number of aliphatic hydroxyl groups is 1. The summed E-state index contributed by atoms with van der Waals surface area (Å²) in [6, 6.07) is 1.27. The highest BCUT2D eigenvalue weighted by molar-refractivity contribution is 6.30. The molecule has 0 radical (unpaired) electrons. The van der Waals surface area contributed by atoms with E-state index in [4.69, 9.17) is 16.7 Å². The Kier molecular flexibility index (Phi) is 4.65. The number of rotatable bonds is 5. The molecule has 0 saturated carbocycles. The number of hydrogen-bond donors (Lipinski definition) is 1. The van der Waals surface area contributed by atoms with Crippen LogP contribution in [0, 0.1) is 10.1 Å². The van der Waals surface area contributed by atoms with Gasteiger partial charge in [-0.3, -0.25) is 10.1 Å². The fourth-order valence-electron chi connectivity index (χ4n) is 1.34. The molecule has 94 valence electrons. The summed E-state index contributed by atoms with van der Waals surface area (Å²) in [6.07, 6.45) is 1.42. The lowest BCUT2D eigenvalue weighted by molar-refractivity contribution is -0.384. The van der Waals surface area contributed by atoms with Gasteiger partial charge in [0.25, 0.3) is 0 Å². The molecule has 1 heterocycles. The van der Waals surface area contributed by atoms with Crippen LogP contribution in [0.5, 0.6) is 0 Å². The lowest BCUT2D eigenvalue weighted by Crippen LogP contribution is -2.23. The Hall–Kier alpha value is -1.40. The topological polar surface area (TPSA) is 79.5 Å². The molecule has 0 fully saturated rings. The highest BCUT2D eigenvalue weighted by Crippen LogP contribution is 2.27. The number of nitro groups is 1. The molecule has 0 spiro atoms. The first-order valence-corrected chi connectivity index (χ1v) is 5.48. The van der Waals surface area contributed by atoms with Crippen molar-refractivity contribution in [2.45, 2.75) is 19.4 Å². The predicted octanol–water partition coefficient (Wildman–Crippen LogP) is 1.85. The fourth-order valence-corrected chi connectivity index (χ4v) is 1.49. The summed E-state index contributed by atoms with van der Waals surface area (Å²) in [5.41, 5.74) is -0.134. The summed E-state index contributed by atoms with van der Waals surface area (Å²) in [5, 5.41) is 20.2. The summed E-state index contributed by atoms with van der Waals surface area (Å²) in [4.78, 5) is 15.9. The van der Waals surface area contributed by atoms with Gasteiger partial charge in [0, 0.05) is 25.9 Å². The average Bonchev–Trinajstić information content (AvgIpc) is 2.25. The Balaban J connectivity index is 2.92. The summed E-state index contributed by atoms with van der Waals surface area (Å²) in [7, 11) is 1.69. The molecule has 1 aromatic rings. The molecule has 1 unspecified atom stereocenters. The number of aromatic nitrogens is 1. The van der Waals surface area contributed by atoms with Crippen LogP contribution in [-0.2, 0) is 0 Å². The van der Waals surface area contributed by atoms with Crippen molar-refractivity contribution >= 4 is 23.1 Å². The third-order valence-electron chi connectivity index (χ3n) is 2.25. The molecule has 0 aliphatic heterocycles. The molecule has 0 bridgehead atoms. The zero-order valence-corrected chi connectivity index (χ0v) is 10.4. The third-order valence-corrected chi connectivity index (χ3v) is 2.46. The van der Waals surface area contributed by atoms with Gasteiger partial charge in [0.1, 0.15) is 0 Å². The van der Waals surface area contributed by atoms with Crippen LogP contribution in [0.1, 0.15) is 13.3 Å². The van der Waals surface area contributed by atoms with E-state index in [1.807, 2.05) is 0 Å². The Morgan fingerprint density at radius 1 is 1.71 bits per heavy atom. The van der Waals surface area contributed by atoms with Crippen LogP contribution in [0.3, 0.4) is 0 Å². The molecule has 0 saturated heterocycles. The van der Waals surface area contributed by atoms with Crippen LogP contribution in [0.4, 0.5) is 11.5 Å². The first-order valence-electron chi connectivity index (χ1n) is 5.11. The van der Waals surface area contributed by atoms with Crippen molar-refractivity contribution < 1.29 is 10.0 Å². The van der Waals surface area contributed by atoms with E-state index < -0.39 is 11.0 Å². The second-order valence-electron chi connectivity index (χ2n) is 3.81. The molecule has 1 N–H and O–H groups in total. The lowest BCUT2D eigenvalue weighted by atomic mass is 10.2. The van der Waals surface area contributed by atoms with Crippen LogP contribution in [-0.4, -0.2) is 34.7 Å². The van der Waals surface area contributed by atoms with Crippen molar-refractivity contribution in [1.82, 2.24) is 4.98 Å². The smallest absolute Gasteiger partial charge is 0.313 e. The number of nitrogens with zero attached hydrogens (tertiary/aromatic N) is 3. The maximum atomic E-state index is 10.8. The second kappa shape index (κ2) is 5.79. The SMILES string of the molecule is CC(O)CCN(C)c1ncc(Cl)cc1[N+](=O)[O-]. The van der Waals surface area contributed by atoms with Crippen molar-refractivity contribution in [2.24, 2.45) is 0 Å². The van der Waals surface area contributed by atoms with Crippen LogP contribution < -0.4 is 4.90 Å². The summed E-state index contributed by atoms with van der Waals surface area (Å²) in [6.45, 7) is 2.14. The maximum Gasteiger partial charge on any atom is 0.313 e. The fraction of sp³-hybridized carbons (Fsp3) is 0.500. The van der Waals surface area contributed by atoms with Gasteiger partial charge in [0.05, 0.1) is 16.0 Å². The minimum absolute atomic E-state index is 0.134. The van der Waals surface area contributed by atoms with E-state index in [1.54, 1.807) is 18.9 Å². The van der Waals surface area contributed by atoms with Crippen LogP contribution in [0.15, 0.2) is 12.3 Å². The minimum Gasteiger partial charge on any atom is -0.393 e. The number of aliphatic hydroxyl groups excluding tert-OH is 1. The van der Waals surface area contributed by atoms with Gasteiger partial charge in [-0.2, -0.15) is 0 Å². The standard InChI is InChI=1S/C10H14ClN3O3/c1-7(15)3-4-13(2)10-9(14(16)17)5-8(11)6-12-10/h5-7,15H,3-4H2,1-2H3. The van der Waals surface area contributed by atoms with Crippen molar-refractivity contribution in [3.63, 3.8) is 0 Å². The zero-order valence-electron chi connectivity index (χ0n) is 9.63. The van der Waals surface area contributed by atoms with Gasteiger partial charge in [-0.1, -0.05) is 11.6 Å². The normalized spacial score (nSPS) is 12.2. The predicted molar refractivity (Wildman–Crippen MR) is 65.5 cm³/mol. The van der Waals surface area contributed by atoms with Crippen LogP contribution >= 0.6 is 11.6 Å². The van der Waals surface area contributed by atoms with Gasteiger partial charge in [-0.15, -0.1) is 0 Å². The number of pyridine rings is 1. The van der Waals surface area contributed by atoms with Crippen molar-refractivity contribution in [3.05, 3.63) is 27.4 Å². The Morgan fingerprint density at radius 2 is 2.35 bits per heavy atom. The van der Waals surface area contributed by atoms with Gasteiger partial charge >= 0.3 is 5.69 Å². The van der Waals surface area contributed by atoms with E-state index >= 15 is 0 Å².